The van der Waals surface area contributed by atoms with Gasteiger partial charge in [-0.25, -0.2) is 0 Å². The van der Waals surface area contributed by atoms with Gasteiger partial charge in [-0.1, -0.05) is 29.4 Å². The van der Waals surface area contributed by atoms with Gasteiger partial charge in [-0.3, -0.25) is 0 Å². The monoisotopic (exact) mass is 257 g/mol. The molecule has 1 aromatic carbocycles. The summed E-state index contributed by atoms with van der Waals surface area (Å²) in [6.07, 6.45) is 6.29. The van der Waals surface area contributed by atoms with Crippen molar-refractivity contribution in [3.05, 3.63) is 36.4 Å². The third kappa shape index (κ3) is 2.59. The van der Waals surface area contributed by atoms with Crippen LogP contribution in [0.25, 0.3) is 11.4 Å². The molecule has 0 saturated heterocycles. The van der Waals surface area contributed by atoms with E-state index in [4.69, 9.17) is 9.26 Å². The predicted octanol–water partition coefficient (Wildman–Crippen LogP) is 2.88. The second kappa shape index (κ2) is 5.14. The van der Waals surface area contributed by atoms with E-state index in [1.165, 1.54) is 0 Å². The summed E-state index contributed by atoms with van der Waals surface area (Å²) in [6.45, 7) is 0. The van der Waals surface area contributed by atoms with Gasteiger partial charge in [-0.2, -0.15) is 4.98 Å². The van der Waals surface area contributed by atoms with Crippen LogP contribution in [0.15, 0.2) is 40.9 Å². The van der Waals surface area contributed by atoms with E-state index in [0.29, 0.717) is 17.9 Å². The van der Waals surface area contributed by atoms with Gasteiger partial charge in [0.1, 0.15) is 5.75 Å². The Morgan fingerprint density at radius 1 is 1.32 bits per heavy atom. The van der Waals surface area contributed by atoms with E-state index >= 15 is 0 Å². The lowest BCUT2D eigenvalue weighted by Crippen LogP contribution is -2.14. The van der Waals surface area contributed by atoms with Crippen LogP contribution in [0.1, 0.15) is 12.8 Å². The van der Waals surface area contributed by atoms with Gasteiger partial charge in [-0.05, 0) is 25.0 Å². The molecule has 5 heteroatoms. The Balaban J connectivity index is 1.76. The summed E-state index contributed by atoms with van der Waals surface area (Å²) >= 11 is 0. The molecule has 0 fully saturated rings. The van der Waals surface area contributed by atoms with Crippen LogP contribution < -0.4 is 10.1 Å². The van der Waals surface area contributed by atoms with Crippen molar-refractivity contribution in [1.82, 2.24) is 10.1 Å². The number of benzene rings is 1. The van der Waals surface area contributed by atoms with Crippen LogP contribution in [0.2, 0.25) is 0 Å². The molecular formula is C14H15N3O2. The molecule has 1 aromatic heterocycles. The molecule has 1 aliphatic rings. The Labute approximate surface area is 111 Å². The second-order valence-electron chi connectivity index (χ2n) is 4.44. The molecule has 5 nitrogen and oxygen atoms in total. The molecule has 1 N–H and O–H groups in total. The Morgan fingerprint density at radius 2 is 2.16 bits per heavy atom. The lowest BCUT2D eigenvalue weighted by Gasteiger charge is -2.07. The van der Waals surface area contributed by atoms with Crippen LogP contribution in [0.4, 0.5) is 6.01 Å². The van der Waals surface area contributed by atoms with Gasteiger partial charge >= 0.3 is 6.01 Å². The van der Waals surface area contributed by atoms with Crippen LogP contribution in [0.3, 0.4) is 0 Å². The summed E-state index contributed by atoms with van der Waals surface area (Å²) in [5, 5.41) is 7.20. The number of ether oxygens (including phenoxy) is 1. The molecule has 0 saturated carbocycles. The van der Waals surface area contributed by atoms with Gasteiger partial charge in [0.2, 0.25) is 5.82 Å². The summed E-state index contributed by atoms with van der Waals surface area (Å²) in [5.41, 5.74) is 0.876. The summed E-state index contributed by atoms with van der Waals surface area (Å²) in [5.74, 6) is 1.34. The molecule has 1 aliphatic carbocycles. The van der Waals surface area contributed by atoms with Crippen LogP contribution in [-0.4, -0.2) is 23.3 Å². The number of hydrogen-bond acceptors (Lipinski definition) is 5. The second-order valence-corrected chi connectivity index (χ2v) is 4.44. The molecule has 0 unspecified atom stereocenters. The van der Waals surface area contributed by atoms with Gasteiger partial charge in [0.15, 0.2) is 0 Å². The zero-order valence-electron chi connectivity index (χ0n) is 10.7. The molecule has 0 spiro atoms. The minimum absolute atomic E-state index is 0.360. The zero-order valence-corrected chi connectivity index (χ0v) is 10.7. The van der Waals surface area contributed by atoms with E-state index in [9.17, 15) is 0 Å². The van der Waals surface area contributed by atoms with E-state index in [1.807, 2.05) is 24.3 Å². The van der Waals surface area contributed by atoms with Gasteiger partial charge in [0.05, 0.1) is 7.11 Å². The van der Waals surface area contributed by atoms with Crippen LogP contribution in [0, 0.1) is 0 Å². The third-order valence-corrected chi connectivity index (χ3v) is 3.09. The molecule has 19 heavy (non-hydrogen) atoms. The van der Waals surface area contributed by atoms with E-state index < -0.39 is 0 Å². The van der Waals surface area contributed by atoms with Gasteiger partial charge < -0.3 is 14.6 Å². The molecule has 2 aromatic rings. The average molecular weight is 257 g/mol. The summed E-state index contributed by atoms with van der Waals surface area (Å²) in [4.78, 5) is 4.35. The molecule has 98 valence electrons. The highest BCUT2D eigenvalue weighted by Crippen LogP contribution is 2.23. The topological polar surface area (TPSA) is 60.2 Å². The van der Waals surface area contributed by atoms with Crippen molar-refractivity contribution < 1.29 is 9.26 Å². The quantitative estimate of drug-likeness (QED) is 0.853. The lowest BCUT2D eigenvalue weighted by atomic mass is 10.2. The van der Waals surface area contributed by atoms with Crippen molar-refractivity contribution in [2.75, 3.05) is 12.4 Å². The molecule has 0 atom stereocenters. The standard InChI is InChI=1S/C14H15N3O2/c1-18-12-8-4-5-10(9-12)13-16-14(19-17-13)15-11-6-2-3-7-11/h2-5,8-9,11H,6-7H2,1H3,(H,15,16,17). The Kier molecular flexibility index (Phi) is 3.18. The van der Waals surface area contributed by atoms with Crippen molar-refractivity contribution in [1.29, 1.82) is 0 Å². The Hall–Kier alpha value is -2.30. The number of anilines is 1. The lowest BCUT2D eigenvalue weighted by molar-refractivity contribution is 0.414. The first-order valence-electron chi connectivity index (χ1n) is 6.25. The minimum atomic E-state index is 0.360. The number of aromatic nitrogens is 2. The first-order chi connectivity index (χ1) is 9.35. The maximum atomic E-state index is 5.21. The summed E-state index contributed by atoms with van der Waals surface area (Å²) in [6, 6.07) is 8.41. The van der Waals surface area contributed by atoms with Crippen molar-refractivity contribution in [2.24, 2.45) is 0 Å². The number of nitrogens with one attached hydrogen (secondary N) is 1. The maximum Gasteiger partial charge on any atom is 0.322 e. The van der Waals surface area contributed by atoms with E-state index in [0.717, 1.165) is 24.2 Å². The first-order valence-corrected chi connectivity index (χ1v) is 6.25. The highest BCUT2D eigenvalue weighted by molar-refractivity contribution is 5.57. The van der Waals surface area contributed by atoms with Crippen LogP contribution >= 0.6 is 0 Å². The summed E-state index contributed by atoms with van der Waals surface area (Å²) < 4.78 is 10.4. The zero-order chi connectivity index (χ0) is 13.1. The Bertz CT molecular complexity index is 584. The van der Waals surface area contributed by atoms with Crippen LogP contribution in [0.5, 0.6) is 5.75 Å². The Morgan fingerprint density at radius 3 is 2.95 bits per heavy atom. The van der Waals surface area contributed by atoms with E-state index in [2.05, 4.69) is 27.6 Å². The van der Waals surface area contributed by atoms with Crippen molar-refractivity contribution in [3.63, 3.8) is 0 Å². The van der Waals surface area contributed by atoms with E-state index in [1.54, 1.807) is 7.11 Å². The fourth-order valence-corrected chi connectivity index (χ4v) is 2.07. The molecule has 0 amide bonds. The number of rotatable bonds is 4. The largest absolute Gasteiger partial charge is 0.497 e. The number of methoxy groups -OCH3 is 1. The van der Waals surface area contributed by atoms with Crippen molar-refractivity contribution >= 4 is 6.01 Å². The molecule has 0 bridgehead atoms. The predicted molar refractivity (Wildman–Crippen MR) is 72.1 cm³/mol. The fraction of sp³-hybridized carbons (Fsp3) is 0.286. The van der Waals surface area contributed by atoms with Crippen molar-refractivity contribution in [3.8, 4) is 17.1 Å². The highest BCUT2D eigenvalue weighted by atomic mass is 16.5. The molecule has 1 heterocycles. The SMILES string of the molecule is COc1cccc(-c2noc(NC3CC=CC3)n2)c1. The number of hydrogen-bond donors (Lipinski definition) is 1. The molecule has 0 radical (unpaired) electrons. The molecule has 3 rings (SSSR count). The molecular weight excluding hydrogens is 242 g/mol. The van der Waals surface area contributed by atoms with Gasteiger partial charge in [-0.15, -0.1) is 0 Å². The van der Waals surface area contributed by atoms with Gasteiger partial charge in [0.25, 0.3) is 0 Å². The van der Waals surface area contributed by atoms with Gasteiger partial charge in [0, 0.05) is 11.6 Å². The normalized spacial score (nSPS) is 14.8. The molecule has 0 aliphatic heterocycles. The summed E-state index contributed by atoms with van der Waals surface area (Å²) in [7, 11) is 1.63. The number of nitrogens with zero attached hydrogens (tertiary/aromatic N) is 2. The van der Waals surface area contributed by atoms with E-state index in [-0.39, 0.29) is 0 Å². The van der Waals surface area contributed by atoms with Crippen molar-refractivity contribution in [2.45, 2.75) is 18.9 Å². The minimum Gasteiger partial charge on any atom is -0.497 e. The van der Waals surface area contributed by atoms with Crippen LogP contribution in [-0.2, 0) is 0 Å². The maximum absolute atomic E-state index is 5.21. The third-order valence-electron chi connectivity index (χ3n) is 3.09. The fourth-order valence-electron chi connectivity index (χ4n) is 2.07. The first kappa shape index (κ1) is 11.8. The smallest absolute Gasteiger partial charge is 0.322 e. The average Bonchev–Trinajstić information content (AvgIpc) is 3.11. The highest BCUT2D eigenvalue weighted by Gasteiger charge is 2.14.